The largest absolute Gasteiger partial charge is 0.292 e. The van der Waals surface area contributed by atoms with Gasteiger partial charge >= 0.3 is 0 Å². The van der Waals surface area contributed by atoms with Crippen molar-refractivity contribution in [2.75, 3.05) is 0 Å². The molecule has 0 atom stereocenters. The molecule has 0 amide bonds. The number of aromatic nitrogens is 11. The topological polar surface area (TPSA) is 126 Å². The fourth-order valence-electron chi connectivity index (χ4n) is 9.93. The van der Waals surface area contributed by atoms with Crippen molar-refractivity contribution in [3.05, 3.63) is 237 Å². The van der Waals surface area contributed by atoms with Gasteiger partial charge in [-0.2, -0.15) is 0 Å². The Morgan fingerprint density at radius 1 is 0.230 bits per heavy atom. The average molecular weight is 950 g/mol. The lowest BCUT2D eigenvalue weighted by Crippen LogP contribution is -2.04. The summed E-state index contributed by atoms with van der Waals surface area (Å²) in [6, 6.07) is 72.3. The zero-order valence-corrected chi connectivity index (χ0v) is 39.4. The molecular formula is C63H39N11. The Labute approximate surface area is 423 Å². The molecular weight excluding hydrogens is 911 g/mol. The van der Waals surface area contributed by atoms with Crippen LogP contribution >= 0.6 is 0 Å². The number of nitrogens with zero attached hydrogens (tertiary/aromatic N) is 11. The van der Waals surface area contributed by atoms with Crippen LogP contribution in [0.5, 0.6) is 0 Å². The monoisotopic (exact) mass is 949 g/mol. The third-order valence-corrected chi connectivity index (χ3v) is 13.4. The van der Waals surface area contributed by atoms with E-state index in [4.69, 9.17) is 44.9 Å². The lowest BCUT2D eigenvalue weighted by atomic mass is 10.0. The fraction of sp³-hybridized carbons (Fsp3) is 0. The highest BCUT2D eigenvalue weighted by molar-refractivity contribution is 6.12. The Morgan fingerprint density at radius 2 is 0.622 bits per heavy atom. The van der Waals surface area contributed by atoms with E-state index in [0.717, 1.165) is 82.7 Å². The van der Waals surface area contributed by atoms with Crippen molar-refractivity contribution in [3.63, 3.8) is 0 Å². The van der Waals surface area contributed by atoms with Gasteiger partial charge in [-0.3, -0.25) is 19.1 Å². The summed E-state index contributed by atoms with van der Waals surface area (Å²) in [6.07, 6.45) is 7.10. The van der Waals surface area contributed by atoms with Gasteiger partial charge in [0, 0.05) is 43.8 Å². The van der Waals surface area contributed by atoms with Gasteiger partial charge in [0.25, 0.3) is 0 Å². The summed E-state index contributed by atoms with van der Waals surface area (Å²) >= 11 is 0. The second-order valence-electron chi connectivity index (χ2n) is 17.9. The maximum absolute atomic E-state index is 5.27. The zero-order chi connectivity index (χ0) is 49.0. The molecule has 14 aromatic rings. The molecule has 8 aromatic carbocycles. The summed E-state index contributed by atoms with van der Waals surface area (Å²) in [5, 5.41) is 4.40. The van der Waals surface area contributed by atoms with E-state index in [-0.39, 0.29) is 0 Å². The lowest BCUT2D eigenvalue weighted by Gasteiger charge is -2.11. The Kier molecular flexibility index (Phi) is 10.2. The number of hydrogen-bond donors (Lipinski definition) is 0. The molecule has 0 aliphatic rings. The van der Waals surface area contributed by atoms with Crippen LogP contribution in [0.15, 0.2) is 237 Å². The van der Waals surface area contributed by atoms with Crippen LogP contribution in [0.1, 0.15) is 0 Å². The van der Waals surface area contributed by atoms with Gasteiger partial charge in [-0.1, -0.05) is 170 Å². The van der Waals surface area contributed by atoms with E-state index in [1.54, 1.807) is 18.6 Å². The van der Waals surface area contributed by atoms with Crippen molar-refractivity contribution in [2.24, 2.45) is 0 Å². The smallest absolute Gasteiger partial charge is 0.184 e. The first-order valence-corrected chi connectivity index (χ1v) is 24.3. The van der Waals surface area contributed by atoms with Crippen molar-refractivity contribution in [2.45, 2.75) is 0 Å². The molecule has 0 N–H and O–H groups in total. The molecule has 0 saturated carbocycles. The minimum Gasteiger partial charge on any atom is -0.292 e. The molecule has 0 spiro atoms. The molecule has 6 aromatic heterocycles. The van der Waals surface area contributed by atoms with Crippen molar-refractivity contribution in [1.29, 1.82) is 0 Å². The maximum atomic E-state index is 5.27. The molecule has 14 rings (SSSR count). The summed E-state index contributed by atoms with van der Waals surface area (Å²) in [5.41, 5.74) is 12.6. The van der Waals surface area contributed by atoms with Gasteiger partial charge in [0.05, 0.1) is 58.2 Å². The highest BCUT2D eigenvalue weighted by atomic mass is 15.1. The minimum atomic E-state index is 0.437. The molecule has 0 aliphatic carbocycles. The predicted molar refractivity (Wildman–Crippen MR) is 293 cm³/mol. The second kappa shape index (κ2) is 17.8. The number of rotatable bonds is 9. The molecule has 11 heteroatoms. The first-order valence-electron chi connectivity index (χ1n) is 24.3. The molecule has 0 aliphatic heterocycles. The van der Waals surface area contributed by atoms with Gasteiger partial charge < -0.3 is 0 Å². The van der Waals surface area contributed by atoms with Crippen LogP contribution in [-0.4, -0.2) is 54.0 Å². The van der Waals surface area contributed by atoms with E-state index in [0.29, 0.717) is 52.0 Å². The van der Waals surface area contributed by atoms with Gasteiger partial charge in [0.2, 0.25) is 0 Å². The molecule has 0 fully saturated rings. The number of fused-ring (bicyclic) bond motifs is 6. The summed E-state index contributed by atoms with van der Waals surface area (Å²) in [5.74, 6) is 3.52. The van der Waals surface area contributed by atoms with Crippen LogP contribution in [0.3, 0.4) is 0 Å². The second-order valence-corrected chi connectivity index (χ2v) is 17.9. The summed E-state index contributed by atoms with van der Waals surface area (Å²) in [4.78, 5) is 44.8. The molecule has 6 heterocycles. The number of para-hydroxylation sites is 2. The minimum absolute atomic E-state index is 0.437. The van der Waals surface area contributed by atoms with Gasteiger partial charge in [0.1, 0.15) is 11.4 Å². The fourth-order valence-corrected chi connectivity index (χ4v) is 9.93. The summed E-state index contributed by atoms with van der Waals surface area (Å²) < 4.78 is 4.36. The van der Waals surface area contributed by atoms with E-state index < -0.39 is 0 Å². The standard InChI is InChI=1S/C63H39N11/c1-5-17-40(18-6-1)50-35-51(69-60(68-50)41-19-7-2-8-20-41)52-36-64-38-58(66-52)73-54-27-15-13-25-46(54)48-33-44(29-31-56(48)73)45-30-32-57-49(34-45)47-26-14-16-28-55(47)74(57)59-39-65-37-53(67-59)63-71-61(42-21-9-3-10-22-42)70-62(72-63)43-23-11-4-12-24-43/h1-39H. The van der Waals surface area contributed by atoms with E-state index in [1.807, 2.05) is 121 Å². The van der Waals surface area contributed by atoms with Crippen LogP contribution in [0.25, 0.3) is 135 Å². The van der Waals surface area contributed by atoms with Gasteiger partial charge in [-0.25, -0.2) is 34.9 Å². The van der Waals surface area contributed by atoms with E-state index >= 15 is 0 Å². The molecule has 0 bridgehead atoms. The molecule has 11 nitrogen and oxygen atoms in total. The quantitative estimate of drug-likeness (QED) is 0.139. The Balaban J connectivity index is 0.856. The van der Waals surface area contributed by atoms with Crippen molar-refractivity contribution in [3.8, 4) is 91.1 Å². The van der Waals surface area contributed by atoms with Crippen molar-refractivity contribution in [1.82, 2.24) is 54.0 Å². The van der Waals surface area contributed by atoms with Crippen LogP contribution in [0.4, 0.5) is 0 Å². The Bertz CT molecular complexity index is 4020. The third kappa shape index (κ3) is 7.51. The van der Waals surface area contributed by atoms with E-state index in [2.05, 4.69) is 106 Å². The maximum Gasteiger partial charge on any atom is 0.184 e. The SMILES string of the molecule is c1ccc(-c2cc(-c3cncc(-n4c5ccccc5c5cc(-c6ccc7c(c6)c6ccccc6n7-c6cncc(-c7nc(-c8ccccc8)nc(-c8ccccc8)n7)n6)ccc54)n3)nc(-c3ccccc3)n2)cc1. The average Bonchev–Trinajstić information content (AvgIpc) is 4.02. The summed E-state index contributed by atoms with van der Waals surface area (Å²) in [7, 11) is 0. The normalized spacial score (nSPS) is 11.5. The Morgan fingerprint density at radius 3 is 1.14 bits per heavy atom. The van der Waals surface area contributed by atoms with Crippen molar-refractivity contribution < 1.29 is 0 Å². The Hall–Kier alpha value is -10.4. The number of hydrogen-bond acceptors (Lipinski definition) is 9. The summed E-state index contributed by atoms with van der Waals surface area (Å²) in [6.45, 7) is 0. The molecule has 0 saturated heterocycles. The third-order valence-electron chi connectivity index (χ3n) is 13.4. The van der Waals surface area contributed by atoms with Crippen LogP contribution in [0.2, 0.25) is 0 Å². The lowest BCUT2D eigenvalue weighted by molar-refractivity contribution is 1.01. The van der Waals surface area contributed by atoms with Gasteiger partial charge in [-0.15, -0.1) is 0 Å². The molecule has 0 radical (unpaired) electrons. The van der Waals surface area contributed by atoms with Crippen LogP contribution in [-0.2, 0) is 0 Å². The predicted octanol–water partition coefficient (Wildman–Crippen LogP) is 14.1. The van der Waals surface area contributed by atoms with E-state index in [9.17, 15) is 0 Å². The molecule has 346 valence electrons. The molecule has 74 heavy (non-hydrogen) atoms. The van der Waals surface area contributed by atoms with Crippen molar-refractivity contribution >= 4 is 43.6 Å². The van der Waals surface area contributed by atoms with Crippen LogP contribution in [0, 0.1) is 0 Å². The highest BCUT2D eigenvalue weighted by Gasteiger charge is 2.20. The zero-order valence-electron chi connectivity index (χ0n) is 39.4. The highest BCUT2D eigenvalue weighted by Crippen LogP contribution is 2.39. The number of benzene rings is 8. The molecule has 0 unspecified atom stereocenters. The first kappa shape index (κ1) is 42.5. The van der Waals surface area contributed by atoms with E-state index in [1.165, 1.54) is 0 Å². The van der Waals surface area contributed by atoms with Gasteiger partial charge in [-0.05, 0) is 53.6 Å². The van der Waals surface area contributed by atoms with Gasteiger partial charge in [0.15, 0.2) is 34.9 Å². The first-order chi connectivity index (χ1) is 36.7. The van der Waals surface area contributed by atoms with Crippen LogP contribution < -0.4 is 0 Å².